The lowest BCUT2D eigenvalue weighted by atomic mass is 9.83. The van der Waals surface area contributed by atoms with Gasteiger partial charge in [0.25, 0.3) is 0 Å². The molecule has 1 heterocycles. The van der Waals surface area contributed by atoms with Crippen LogP contribution in [0.5, 0.6) is 0 Å². The Kier molecular flexibility index (Phi) is 5.64. The molecule has 1 saturated heterocycles. The van der Waals surface area contributed by atoms with Crippen LogP contribution in [0, 0.1) is 5.92 Å². The molecule has 110 valence electrons. The van der Waals surface area contributed by atoms with E-state index in [4.69, 9.17) is 14.2 Å². The fraction of sp³-hybridized carbons (Fsp3) is 0.933. The maximum absolute atomic E-state index is 11.1. The van der Waals surface area contributed by atoms with Crippen molar-refractivity contribution in [2.24, 2.45) is 5.92 Å². The normalized spacial score (nSPS) is 33.1. The molecule has 0 aromatic rings. The van der Waals surface area contributed by atoms with Crippen molar-refractivity contribution in [1.82, 2.24) is 0 Å². The summed E-state index contributed by atoms with van der Waals surface area (Å²) in [6, 6.07) is 0. The highest BCUT2D eigenvalue weighted by Crippen LogP contribution is 2.34. The average Bonchev–Trinajstić information content (AvgIpc) is 2.39. The highest BCUT2D eigenvalue weighted by atomic mass is 16.8. The SMILES string of the molecule is CCC[C@@H]1O[C@H](OC(C)=O)C[C@H](C2CCCCC2)O1. The van der Waals surface area contributed by atoms with Crippen molar-refractivity contribution in [1.29, 1.82) is 0 Å². The van der Waals surface area contributed by atoms with Crippen molar-refractivity contribution in [3.05, 3.63) is 0 Å². The monoisotopic (exact) mass is 270 g/mol. The Bertz CT molecular complexity index is 286. The summed E-state index contributed by atoms with van der Waals surface area (Å²) in [7, 11) is 0. The largest absolute Gasteiger partial charge is 0.436 e. The Balaban J connectivity index is 1.94. The van der Waals surface area contributed by atoms with Gasteiger partial charge in [-0.1, -0.05) is 32.6 Å². The molecule has 2 fully saturated rings. The van der Waals surface area contributed by atoms with E-state index < -0.39 is 6.29 Å². The minimum atomic E-state index is -0.422. The summed E-state index contributed by atoms with van der Waals surface area (Å²) in [5.74, 6) is 0.333. The van der Waals surface area contributed by atoms with Crippen LogP contribution in [0.1, 0.15) is 65.2 Å². The first-order valence-corrected chi connectivity index (χ1v) is 7.67. The van der Waals surface area contributed by atoms with Crippen molar-refractivity contribution in [2.75, 3.05) is 0 Å². The van der Waals surface area contributed by atoms with Crippen molar-refractivity contribution < 1.29 is 19.0 Å². The number of hydrogen-bond acceptors (Lipinski definition) is 4. The summed E-state index contributed by atoms with van der Waals surface area (Å²) < 4.78 is 17.0. The van der Waals surface area contributed by atoms with Gasteiger partial charge in [0, 0.05) is 13.3 Å². The Morgan fingerprint density at radius 2 is 1.95 bits per heavy atom. The molecule has 1 aliphatic carbocycles. The van der Waals surface area contributed by atoms with Gasteiger partial charge in [0.1, 0.15) is 0 Å². The molecule has 0 aromatic carbocycles. The second-order valence-corrected chi connectivity index (χ2v) is 5.70. The third-order valence-electron chi connectivity index (χ3n) is 4.05. The molecule has 4 nitrogen and oxygen atoms in total. The molecule has 0 N–H and O–H groups in total. The average molecular weight is 270 g/mol. The van der Waals surface area contributed by atoms with Crippen LogP contribution in [0.15, 0.2) is 0 Å². The summed E-state index contributed by atoms with van der Waals surface area (Å²) in [6.45, 7) is 3.54. The fourth-order valence-corrected chi connectivity index (χ4v) is 3.14. The van der Waals surface area contributed by atoms with Gasteiger partial charge in [0.05, 0.1) is 6.10 Å². The fourth-order valence-electron chi connectivity index (χ4n) is 3.14. The van der Waals surface area contributed by atoms with Gasteiger partial charge in [-0.2, -0.15) is 0 Å². The van der Waals surface area contributed by atoms with Crippen LogP contribution in [0.25, 0.3) is 0 Å². The summed E-state index contributed by atoms with van der Waals surface area (Å²) in [5, 5.41) is 0. The molecule has 0 radical (unpaired) electrons. The molecule has 1 saturated carbocycles. The lowest BCUT2D eigenvalue weighted by molar-refractivity contribution is -0.307. The maximum atomic E-state index is 11.1. The molecule has 0 bridgehead atoms. The minimum absolute atomic E-state index is 0.190. The third-order valence-corrected chi connectivity index (χ3v) is 4.05. The first kappa shape index (κ1) is 14.8. The smallest absolute Gasteiger partial charge is 0.304 e. The summed E-state index contributed by atoms with van der Waals surface area (Å²) in [4.78, 5) is 11.1. The second kappa shape index (κ2) is 7.25. The standard InChI is InChI=1S/C15H26O4/c1-3-7-14-18-13(12-8-5-4-6-9-12)10-15(19-14)17-11(2)16/h12-15H,3-10H2,1-2H3/t13-,14+,15+/m1/s1. The zero-order valence-electron chi connectivity index (χ0n) is 12.1. The molecule has 3 atom stereocenters. The van der Waals surface area contributed by atoms with Gasteiger partial charge in [-0.25, -0.2) is 0 Å². The Morgan fingerprint density at radius 1 is 1.21 bits per heavy atom. The van der Waals surface area contributed by atoms with E-state index >= 15 is 0 Å². The van der Waals surface area contributed by atoms with E-state index in [1.54, 1.807) is 0 Å². The molecule has 0 unspecified atom stereocenters. The predicted molar refractivity (Wildman–Crippen MR) is 71.4 cm³/mol. The highest BCUT2D eigenvalue weighted by Gasteiger charge is 2.36. The molecule has 0 amide bonds. The van der Waals surface area contributed by atoms with E-state index in [-0.39, 0.29) is 18.4 Å². The zero-order chi connectivity index (χ0) is 13.7. The number of carbonyl (C=O) groups is 1. The number of esters is 1. The molecule has 2 rings (SSSR count). The predicted octanol–water partition coefficient (Wildman–Crippen LogP) is 3.39. The Morgan fingerprint density at radius 3 is 2.58 bits per heavy atom. The summed E-state index contributed by atoms with van der Waals surface area (Å²) >= 11 is 0. The van der Waals surface area contributed by atoms with Gasteiger partial charge in [0.2, 0.25) is 6.29 Å². The number of rotatable bonds is 4. The highest BCUT2D eigenvalue weighted by molar-refractivity contribution is 5.66. The number of hydrogen-bond donors (Lipinski definition) is 0. The van der Waals surface area contributed by atoms with Crippen LogP contribution in [-0.2, 0) is 19.0 Å². The molecule has 19 heavy (non-hydrogen) atoms. The van der Waals surface area contributed by atoms with Gasteiger partial charge in [-0.15, -0.1) is 0 Å². The van der Waals surface area contributed by atoms with Gasteiger partial charge >= 0.3 is 5.97 Å². The number of carbonyl (C=O) groups excluding carboxylic acids is 1. The summed E-state index contributed by atoms with van der Waals surface area (Å²) in [5.41, 5.74) is 0. The topological polar surface area (TPSA) is 44.8 Å². The van der Waals surface area contributed by atoms with E-state index in [0.717, 1.165) is 12.8 Å². The van der Waals surface area contributed by atoms with Crippen LogP contribution < -0.4 is 0 Å². The van der Waals surface area contributed by atoms with Gasteiger partial charge in [-0.05, 0) is 25.2 Å². The van der Waals surface area contributed by atoms with E-state index in [1.807, 2.05) is 0 Å². The first-order chi connectivity index (χ1) is 9.19. The quantitative estimate of drug-likeness (QED) is 0.735. The van der Waals surface area contributed by atoms with Gasteiger partial charge in [0.15, 0.2) is 6.29 Å². The van der Waals surface area contributed by atoms with Crippen molar-refractivity contribution in [2.45, 2.75) is 83.9 Å². The lowest BCUT2D eigenvalue weighted by Gasteiger charge is -2.39. The maximum Gasteiger partial charge on any atom is 0.304 e. The molecule has 2 aliphatic rings. The second-order valence-electron chi connectivity index (χ2n) is 5.70. The van der Waals surface area contributed by atoms with E-state index in [2.05, 4.69) is 6.92 Å². The van der Waals surface area contributed by atoms with Crippen LogP contribution in [0.3, 0.4) is 0 Å². The molecular weight excluding hydrogens is 244 g/mol. The van der Waals surface area contributed by atoms with E-state index in [1.165, 1.54) is 39.0 Å². The van der Waals surface area contributed by atoms with Crippen LogP contribution in [0.2, 0.25) is 0 Å². The van der Waals surface area contributed by atoms with Crippen LogP contribution in [-0.4, -0.2) is 24.7 Å². The Hall–Kier alpha value is -0.610. The van der Waals surface area contributed by atoms with Crippen LogP contribution >= 0.6 is 0 Å². The molecule has 0 spiro atoms. The van der Waals surface area contributed by atoms with Crippen molar-refractivity contribution >= 4 is 5.97 Å². The molecule has 4 heteroatoms. The Labute approximate surface area is 115 Å². The number of ether oxygens (including phenoxy) is 3. The van der Waals surface area contributed by atoms with Gasteiger partial charge < -0.3 is 14.2 Å². The molecule has 1 aliphatic heterocycles. The molecular formula is C15H26O4. The van der Waals surface area contributed by atoms with Crippen LogP contribution in [0.4, 0.5) is 0 Å². The van der Waals surface area contributed by atoms with Gasteiger partial charge in [-0.3, -0.25) is 4.79 Å². The zero-order valence-corrected chi connectivity index (χ0v) is 12.1. The van der Waals surface area contributed by atoms with E-state index in [0.29, 0.717) is 12.3 Å². The molecule has 0 aromatic heterocycles. The summed E-state index contributed by atoms with van der Waals surface area (Å²) in [6.07, 6.45) is 8.50. The van der Waals surface area contributed by atoms with E-state index in [9.17, 15) is 4.79 Å². The minimum Gasteiger partial charge on any atom is -0.436 e. The third kappa shape index (κ3) is 4.46. The lowest BCUT2D eigenvalue weighted by Crippen LogP contribution is -2.43. The first-order valence-electron chi connectivity index (χ1n) is 7.67. The van der Waals surface area contributed by atoms with Crippen molar-refractivity contribution in [3.63, 3.8) is 0 Å². The van der Waals surface area contributed by atoms with Crippen molar-refractivity contribution in [3.8, 4) is 0 Å².